The Bertz CT molecular complexity index is 704. The summed E-state index contributed by atoms with van der Waals surface area (Å²) in [6.07, 6.45) is 5.25. The number of ether oxygens (including phenoxy) is 1. The van der Waals surface area contributed by atoms with Crippen LogP contribution in [-0.4, -0.2) is 65.5 Å². The fourth-order valence-electron chi connectivity index (χ4n) is 2.68. The zero-order valence-electron chi connectivity index (χ0n) is 13.7. The van der Waals surface area contributed by atoms with Gasteiger partial charge < -0.3 is 14.5 Å². The average Bonchev–Trinajstić information content (AvgIpc) is 3.07. The van der Waals surface area contributed by atoms with Crippen molar-refractivity contribution in [3.63, 3.8) is 0 Å². The molecule has 0 saturated carbocycles. The molecule has 7 nitrogen and oxygen atoms in total. The molecule has 8 heteroatoms. The van der Waals surface area contributed by atoms with E-state index in [9.17, 15) is 4.79 Å². The van der Waals surface area contributed by atoms with Gasteiger partial charge in [-0.05, 0) is 12.1 Å². The van der Waals surface area contributed by atoms with E-state index in [1.807, 2.05) is 16.9 Å². The first-order valence-electron chi connectivity index (χ1n) is 7.76. The van der Waals surface area contributed by atoms with Crippen LogP contribution in [-0.2, 0) is 11.3 Å². The summed E-state index contributed by atoms with van der Waals surface area (Å²) < 4.78 is 7.65. The number of rotatable bonds is 4. The van der Waals surface area contributed by atoms with E-state index in [-0.39, 0.29) is 12.0 Å². The molecule has 3 rings (SSSR count). The molecule has 0 radical (unpaired) electrons. The van der Waals surface area contributed by atoms with Gasteiger partial charge in [0, 0.05) is 45.8 Å². The molecule has 1 atom stereocenters. The van der Waals surface area contributed by atoms with Crippen LogP contribution in [0.4, 0.5) is 5.82 Å². The lowest BCUT2D eigenvalue weighted by Gasteiger charge is -2.34. The molecule has 0 bridgehead atoms. The van der Waals surface area contributed by atoms with E-state index in [1.165, 1.54) is 4.90 Å². The molecule has 128 valence electrons. The highest BCUT2D eigenvalue weighted by atomic mass is 35.5. The molecule has 1 amide bonds. The van der Waals surface area contributed by atoms with Crippen LogP contribution in [0.1, 0.15) is 10.4 Å². The third-order valence-corrected chi connectivity index (χ3v) is 4.14. The van der Waals surface area contributed by atoms with Crippen LogP contribution in [0.5, 0.6) is 0 Å². The number of carbonyl (C=O) groups excluding carboxylic acids is 1. The summed E-state index contributed by atoms with van der Waals surface area (Å²) in [5, 5.41) is 4.68. The molecule has 0 aliphatic carbocycles. The summed E-state index contributed by atoms with van der Waals surface area (Å²) in [6.45, 7) is 2.66. The Morgan fingerprint density at radius 3 is 3.00 bits per heavy atom. The third-order valence-electron chi connectivity index (χ3n) is 3.86. The first kappa shape index (κ1) is 16.7. The second kappa shape index (κ2) is 7.19. The van der Waals surface area contributed by atoms with Crippen molar-refractivity contribution in [1.29, 1.82) is 0 Å². The van der Waals surface area contributed by atoms with Crippen molar-refractivity contribution in [2.24, 2.45) is 0 Å². The molecule has 0 spiro atoms. The smallest absolute Gasteiger partial charge is 0.254 e. The number of nitrogens with zero attached hydrogens (tertiary/aromatic N) is 5. The van der Waals surface area contributed by atoms with Gasteiger partial charge in [-0.15, -0.1) is 0 Å². The molecular formula is C16H20ClN5O2. The topological polar surface area (TPSA) is 63.5 Å². The molecule has 1 saturated heterocycles. The van der Waals surface area contributed by atoms with Crippen LogP contribution in [0.25, 0.3) is 0 Å². The van der Waals surface area contributed by atoms with E-state index >= 15 is 0 Å². The number of hydrogen-bond acceptors (Lipinski definition) is 5. The normalized spacial score (nSPS) is 17.8. The van der Waals surface area contributed by atoms with Crippen molar-refractivity contribution in [3.05, 3.63) is 41.3 Å². The number of pyridine rings is 1. The van der Waals surface area contributed by atoms with E-state index < -0.39 is 0 Å². The lowest BCUT2D eigenvalue weighted by atomic mass is 10.2. The monoisotopic (exact) mass is 349 g/mol. The number of aromatic nitrogens is 3. The molecule has 24 heavy (non-hydrogen) atoms. The Morgan fingerprint density at radius 2 is 2.33 bits per heavy atom. The van der Waals surface area contributed by atoms with Gasteiger partial charge in [0.15, 0.2) is 0 Å². The number of carbonyl (C=O) groups is 1. The number of hydrogen-bond donors (Lipinski definition) is 0. The van der Waals surface area contributed by atoms with E-state index in [0.717, 1.165) is 0 Å². The summed E-state index contributed by atoms with van der Waals surface area (Å²) in [6, 6.07) is 3.56. The van der Waals surface area contributed by atoms with Crippen LogP contribution < -0.4 is 4.90 Å². The SMILES string of the molecule is CN(C)C(=O)c1cnc(N2CCO[C@@H](Cn3cccn3)C2)c(Cl)c1. The zero-order valence-corrected chi connectivity index (χ0v) is 14.5. The quantitative estimate of drug-likeness (QED) is 0.837. The highest BCUT2D eigenvalue weighted by Crippen LogP contribution is 2.26. The van der Waals surface area contributed by atoms with Crippen LogP contribution in [0, 0.1) is 0 Å². The van der Waals surface area contributed by atoms with Crippen molar-refractivity contribution in [2.75, 3.05) is 38.7 Å². The Hall–Kier alpha value is -2.12. The Kier molecular flexibility index (Phi) is 5.01. The van der Waals surface area contributed by atoms with Gasteiger partial charge in [0.05, 0.1) is 29.8 Å². The van der Waals surface area contributed by atoms with Gasteiger partial charge in [0.1, 0.15) is 5.82 Å². The summed E-state index contributed by atoms with van der Waals surface area (Å²) in [7, 11) is 3.40. The summed E-state index contributed by atoms with van der Waals surface area (Å²) in [5.74, 6) is 0.565. The minimum atomic E-state index is -0.116. The molecule has 1 aliphatic heterocycles. The van der Waals surface area contributed by atoms with E-state index in [0.29, 0.717) is 42.6 Å². The van der Waals surface area contributed by atoms with Gasteiger partial charge in [0.2, 0.25) is 0 Å². The molecule has 0 N–H and O–H groups in total. The van der Waals surface area contributed by atoms with Crippen LogP contribution in [0.3, 0.4) is 0 Å². The minimum absolute atomic E-state index is 0.0135. The Morgan fingerprint density at radius 1 is 1.50 bits per heavy atom. The van der Waals surface area contributed by atoms with Crippen LogP contribution in [0.2, 0.25) is 5.02 Å². The van der Waals surface area contributed by atoms with Crippen LogP contribution in [0.15, 0.2) is 30.7 Å². The highest BCUT2D eigenvalue weighted by molar-refractivity contribution is 6.33. The fraction of sp³-hybridized carbons (Fsp3) is 0.438. The maximum absolute atomic E-state index is 12.0. The molecule has 3 heterocycles. The summed E-state index contributed by atoms with van der Waals surface area (Å²) >= 11 is 6.37. The first-order chi connectivity index (χ1) is 11.5. The Balaban J connectivity index is 1.72. The van der Waals surface area contributed by atoms with E-state index in [1.54, 1.807) is 32.6 Å². The molecule has 0 aromatic carbocycles. The summed E-state index contributed by atoms with van der Waals surface area (Å²) in [5.41, 5.74) is 0.482. The Labute approximate surface area is 145 Å². The molecule has 2 aromatic rings. The fourth-order valence-corrected chi connectivity index (χ4v) is 2.96. The van der Waals surface area contributed by atoms with Gasteiger partial charge >= 0.3 is 0 Å². The maximum atomic E-state index is 12.0. The third kappa shape index (κ3) is 3.68. The van der Waals surface area contributed by atoms with E-state index in [2.05, 4.69) is 15.0 Å². The predicted octanol–water partition coefficient (Wildman–Crippen LogP) is 1.54. The first-order valence-corrected chi connectivity index (χ1v) is 8.13. The zero-order chi connectivity index (χ0) is 17.1. The summed E-state index contributed by atoms with van der Waals surface area (Å²) in [4.78, 5) is 20.0. The molecule has 1 fully saturated rings. The lowest BCUT2D eigenvalue weighted by molar-refractivity contribution is 0.0272. The van der Waals surface area contributed by atoms with Crippen molar-refractivity contribution in [2.45, 2.75) is 12.6 Å². The number of amides is 1. The average molecular weight is 350 g/mol. The predicted molar refractivity (Wildman–Crippen MR) is 91.4 cm³/mol. The van der Waals surface area contributed by atoms with E-state index in [4.69, 9.17) is 16.3 Å². The van der Waals surface area contributed by atoms with Crippen molar-refractivity contribution in [3.8, 4) is 0 Å². The highest BCUT2D eigenvalue weighted by Gasteiger charge is 2.24. The molecule has 2 aromatic heterocycles. The number of halogens is 1. The second-order valence-corrected chi connectivity index (χ2v) is 6.30. The largest absolute Gasteiger partial charge is 0.373 e. The van der Waals surface area contributed by atoms with Gasteiger partial charge in [-0.3, -0.25) is 9.48 Å². The van der Waals surface area contributed by atoms with Gasteiger partial charge in [-0.2, -0.15) is 5.10 Å². The number of morpholine rings is 1. The van der Waals surface area contributed by atoms with Crippen LogP contribution >= 0.6 is 11.6 Å². The van der Waals surface area contributed by atoms with Gasteiger partial charge in [-0.25, -0.2) is 4.98 Å². The van der Waals surface area contributed by atoms with Gasteiger partial charge in [-0.1, -0.05) is 11.6 Å². The standard InChI is InChI=1S/C16H20ClN5O2/c1-20(2)16(23)12-8-14(17)15(18-9-12)21-6-7-24-13(10-21)11-22-5-3-4-19-22/h3-5,8-9,13H,6-7,10-11H2,1-2H3/t13-/m1/s1. The minimum Gasteiger partial charge on any atom is -0.373 e. The van der Waals surface area contributed by atoms with Crippen molar-refractivity contribution >= 4 is 23.3 Å². The van der Waals surface area contributed by atoms with Gasteiger partial charge in [0.25, 0.3) is 5.91 Å². The second-order valence-electron chi connectivity index (χ2n) is 5.90. The molecule has 1 aliphatic rings. The molecular weight excluding hydrogens is 330 g/mol. The maximum Gasteiger partial charge on any atom is 0.254 e. The molecule has 0 unspecified atom stereocenters. The van der Waals surface area contributed by atoms with Crippen molar-refractivity contribution < 1.29 is 9.53 Å². The number of anilines is 1. The van der Waals surface area contributed by atoms with Crippen molar-refractivity contribution in [1.82, 2.24) is 19.7 Å². The lowest BCUT2D eigenvalue weighted by Crippen LogP contribution is -2.44.